The Morgan fingerprint density at radius 3 is 2.37 bits per heavy atom. The lowest BCUT2D eigenvalue weighted by molar-refractivity contribution is -0.145. The number of carbonyl (C=O) groups is 5. The molecule has 30 heavy (non-hydrogen) atoms. The van der Waals surface area contributed by atoms with Gasteiger partial charge in [-0.15, -0.1) is 0 Å². The van der Waals surface area contributed by atoms with Crippen molar-refractivity contribution in [3.63, 3.8) is 0 Å². The molecule has 1 rings (SSSR count). The molecule has 1 heterocycles. The van der Waals surface area contributed by atoms with Gasteiger partial charge in [-0.3, -0.25) is 19.2 Å². The van der Waals surface area contributed by atoms with Gasteiger partial charge in [-0.1, -0.05) is 0 Å². The number of nitrogens with one attached hydrogen (secondary N) is 2. The third-order valence-electron chi connectivity index (χ3n) is 4.59. The van der Waals surface area contributed by atoms with Crippen molar-refractivity contribution in [3.8, 4) is 0 Å². The van der Waals surface area contributed by atoms with Gasteiger partial charge in [0.1, 0.15) is 18.1 Å². The highest BCUT2D eigenvalue weighted by Crippen LogP contribution is 2.20. The third kappa shape index (κ3) is 7.46. The number of rotatable bonds is 12. The molecule has 0 aliphatic carbocycles. The summed E-state index contributed by atoms with van der Waals surface area (Å²) in [7, 11) is 0. The number of carbonyl (C=O) groups excluding carboxylic acids is 3. The van der Waals surface area contributed by atoms with E-state index in [1.165, 1.54) is 16.7 Å². The minimum atomic E-state index is -1.49. The molecule has 0 radical (unpaired) electrons. The SMILES string of the molecule is CSCCC(NC(=O)C(N)CC(=O)O)C(=O)N1CCCC1C(=O)NC(CO)C(=O)O. The normalized spacial score (nSPS) is 18.9. The van der Waals surface area contributed by atoms with E-state index in [0.717, 1.165) is 0 Å². The van der Waals surface area contributed by atoms with Crippen LogP contribution in [0, 0.1) is 0 Å². The van der Waals surface area contributed by atoms with Crippen LogP contribution in [0.1, 0.15) is 25.7 Å². The van der Waals surface area contributed by atoms with Crippen LogP contribution in [0.15, 0.2) is 0 Å². The van der Waals surface area contributed by atoms with Crippen molar-refractivity contribution in [1.82, 2.24) is 15.5 Å². The van der Waals surface area contributed by atoms with E-state index < -0.39 is 66.9 Å². The molecule has 0 aromatic heterocycles. The quantitative estimate of drug-likeness (QED) is 0.187. The number of nitrogens with zero attached hydrogens (tertiary/aromatic N) is 1. The van der Waals surface area contributed by atoms with Crippen LogP contribution in [0.2, 0.25) is 0 Å². The number of thioether (sulfide) groups is 1. The number of hydrogen-bond donors (Lipinski definition) is 6. The monoisotopic (exact) mass is 448 g/mol. The van der Waals surface area contributed by atoms with Gasteiger partial charge in [0.25, 0.3) is 0 Å². The zero-order chi connectivity index (χ0) is 22.8. The zero-order valence-electron chi connectivity index (χ0n) is 16.6. The molecule has 0 aromatic carbocycles. The van der Waals surface area contributed by atoms with E-state index in [-0.39, 0.29) is 13.0 Å². The van der Waals surface area contributed by atoms with Crippen LogP contribution < -0.4 is 16.4 Å². The van der Waals surface area contributed by atoms with Crippen LogP contribution >= 0.6 is 11.8 Å². The summed E-state index contributed by atoms with van der Waals surface area (Å²) in [6.45, 7) is -0.559. The number of aliphatic hydroxyl groups is 1. The number of carboxylic acids is 2. The van der Waals surface area contributed by atoms with Gasteiger partial charge in [0.2, 0.25) is 17.7 Å². The molecule has 3 amide bonds. The summed E-state index contributed by atoms with van der Waals surface area (Å²) in [6.07, 6.45) is 2.26. The van der Waals surface area contributed by atoms with E-state index in [0.29, 0.717) is 18.6 Å². The summed E-state index contributed by atoms with van der Waals surface area (Å²) in [5.74, 6) is -4.17. The Balaban J connectivity index is 2.90. The summed E-state index contributed by atoms with van der Waals surface area (Å²) in [4.78, 5) is 60.7. The van der Waals surface area contributed by atoms with Gasteiger partial charge in [0, 0.05) is 6.54 Å². The van der Waals surface area contributed by atoms with Crippen LogP contribution in [0.25, 0.3) is 0 Å². The smallest absolute Gasteiger partial charge is 0.328 e. The molecule has 1 aliphatic heterocycles. The van der Waals surface area contributed by atoms with Crippen molar-refractivity contribution in [3.05, 3.63) is 0 Å². The largest absolute Gasteiger partial charge is 0.481 e. The molecule has 4 atom stereocenters. The van der Waals surface area contributed by atoms with Gasteiger partial charge in [0.15, 0.2) is 0 Å². The van der Waals surface area contributed by atoms with Gasteiger partial charge in [-0.2, -0.15) is 11.8 Å². The molecular formula is C17H28N4O8S. The Hall–Kier alpha value is -2.38. The first kappa shape index (κ1) is 25.7. The standard InChI is InChI=1S/C17H28N4O8S/c1-30-6-4-10(19-14(25)9(18)7-13(23)24)16(27)21-5-2-3-12(21)15(26)20-11(8-22)17(28)29/h9-12,22H,2-8,18H2,1H3,(H,19,25)(H,20,26)(H,23,24)(H,28,29). The Bertz CT molecular complexity index is 662. The molecular weight excluding hydrogens is 420 g/mol. The van der Waals surface area contributed by atoms with Gasteiger partial charge < -0.3 is 36.6 Å². The highest BCUT2D eigenvalue weighted by molar-refractivity contribution is 7.98. The van der Waals surface area contributed by atoms with E-state index >= 15 is 0 Å². The maximum atomic E-state index is 13.0. The number of likely N-dealkylation sites (tertiary alicyclic amines) is 1. The zero-order valence-corrected chi connectivity index (χ0v) is 17.4. The van der Waals surface area contributed by atoms with Crippen molar-refractivity contribution < 1.29 is 39.3 Å². The number of carboxylic acid groups (broad SMARTS) is 2. The van der Waals surface area contributed by atoms with Crippen molar-refractivity contribution >= 4 is 41.4 Å². The lowest BCUT2D eigenvalue weighted by atomic mass is 10.1. The van der Waals surface area contributed by atoms with Crippen LogP contribution in [0.4, 0.5) is 0 Å². The van der Waals surface area contributed by atoms with E-state index in [2.05, 4.69) is 10.6 Å². The molecule has 0 bridgehead atoms. The predicted molar refractivity (Wildman–Crippen MR) is 107 cm³/mol. The van der Waals surface area contributed by atoms with Crippen molar-refractivity contribution in [2.75, 3.05) is 25.2 Å². The molecule has 1 aliphatic rings. The Morgan fingerprint density at radius 2 is 1.83 bits per heavy atom. The summed E-state index contributed by atoms with van der Waals surface area (Å²) in [5, 5.41) is 31.5. The van der Waals surface area contributed by atoms with Gasteiger partial charge >= 0.3 is 11.9 Å². The fraction of sp³-hybridized carbons (Fsp3) is 0.706. The van der Waals surface area contributed by atoms with Crippen LogP contribution in [0.3, 0.4) is 0 Å². The first-order valence-electron chi connectivity index (χ1n) is 9.33. The maximum Gasteiger partial charge on any atom is 0.328 e. The first-order valence-corrected chi connectivity index (χ1v) is 10.7. The third-order valence-corrected chi connectivity index (χ3v) is 5.24. The highest BCUT2D eigenvalue weighted by atomic mass is 32.2. The van der Waals surface area contributed by atoms with Gasteiger partial charge in [0.05, 0.1) is 19.1 Å². The molecule has 13 heteroatoms. The van der Waals surface area contributed by atoms with Crippen molar-refractivity contribution in [2.24, 2.45) is 5.73 Å². The second-order valence-corrected chi connectivity index (χ2v) is 7.80. The highest BCUT2D eigenvalue weighted by Gasteiger charge is 2.39. The van der Waals surface area contributed by atoms with E-state index in [1.807, 2.05) is 6.26 Å². The number of amides is 3. The van der Waals surface area contributed by atoms with Crippen LogP contribution in [-0.2, 0) is 24.0 Å². The molecule has 0 saturated carbocycles. The number of nitrogens with two attached hydrogens (primary N) is 1. The number of hydrogen-bond acceptors (Lipinski definition) is 8. The van der Waals surface area contributed by atoms with Crippen molar-refractivity contribution in [2.45, 2.75) is 49.9 Å². The average Bonchev–Trinajstić information content (AvgIpc) is 3.17. The minimum absolute atomic E-state index is 0.237. The average molecular weight is 448 g/mol. The molecule has 4 unspecified atom stereocenters. The first-order chi connectivity index (χ1) is 14.1. The summed E-state index contributed by atoms with van der Waals surface area (Å²) in [5.41, 5.74) is 5.56. The van der Waals surface area contributed by atoms with E-state index in [4.69, 9.17) is 21.1 Å². The lowest BCUT2D eigenvalue weighted by Gasteiger charge is -2.29. The maximum absolute atomic E-state index is 13.0. The Kier molecular flexibility index (Phi) is 10.6. The Morgan fingerprint density at radius 1 is 1.17 bits per heavy atom. The van der Waals surface area contributed by atoms with Crippen LogP contribution in [-0.4, -0.2) is 99.2 Å². The second kappa shape index (κ2) is 12.3. The van der Waals surface area contributed by atoms with E-state index in [9.17, 15) is 24.0 Å². The molecule has 1 saturated heterocycles. The fourth-order valence-electron chi connectivity index (χ4n) is 3.01. The number of aliphatic carboxylic acids is 2. The summed E-state index contributed by atoms with van der Waals surface area (Å²) >= 11 is 1.44. The van der Waals surface area contributed by atoms with E-state index in [1.54, 1.807) is 0 Å². The predicted octanol–water partition coefficient (Wildman–Crippen LogP) is -2.42. The summed E-state index contributed by atoms with van der Waals surface area (Å²) in [6, 6.07) is -4.76. The molecule has 12 nitrogen and oxygen atoms in total. The van der Waals surface area contributed by atoms with Crippen LogP contribution in [0.5, 0.6) is 0 Å². The molecule has 0 spiro atoms. The molecule has 7 N–H and O–H groups in total. The summed E-state index contributed by atoms with van der Waals surface area (Å²) < 4.78 is 0. The fourth-order valence-corrected chi connectivity index (χ4v) is 3.48. The molecule has 0 aromatic rings. The van der Waals surface area contributed by atoms with Crippen molar-refractivity contribution in [1.29, 1.82) is 0 Å². The molecule has 170 valence electrons. The molecule has 1 fully saturated rings. The van der Waals surface area contributed by atoms with Gasteiger partial charge in [-0.25, -0.2) is 4.79 Å². The minimum Gasteiger partial charge on any atom is -0.481 e. The second-order valence-electron chi connectivity index (χ2n) is 6.82. The van der Waals surface area contributed by atoms with Gasteiger partial charge in [-0.05, 0) is 31.3 Å². The lowest BCUT2D eigenvalue weighted by Crippen LogP contribution is -2.57. The number of aliphatic hydroxyl groups excluding tert-OH is 1. The topological polar surface area (TPSA) is 199 Å². The Labute approximate surface area is 177 Å².